The molecule has 0 spiro atoms. The Morgan fingerprint density at radius 3 is 2.56 bits per heavy atom. The molecule has 1 heterocycles. The van der Waals surface area contributed by atoms with Crippen LogP contribution in [0.15, 0.2) is 6.07 Å². The quantitative estimate of drug-likeness (QED) is 0.914. The molecule has 1 fully saturated rings. The molecule has 0 bridgehead atoms. The van der Waals surface area contributed by atoms with Crippen LogP contribution in [0.1, 0.15) is 30.9 Å². The van der Waals surface area contributed by atoms with Crippen LogP contribution in [0.4, 0.5) is 0 Å². The van der Waals surface area contributed by atoms with Gasteiger partial charge in [-0.15, -0.1) is 0 Å². The molecule has 0 aromatic heterocycles. The topological polar surface area (TPSA) is 30.5 Å². The molecule has 18 heavy (non-hydrogen) atoms. The van der Waals surface area contributed by atoms with Crippen molar-refractivity contribution in [3.63, 3.8) is 0 Å². The fraction of sp³-hybridized carbons (Fsp3) is 0.571. The van der Waals surface area contributed by atoms with Gasteiger partial charge in [-0.05, 0) is 38.8 Å². The third kappa shape index (κ3) is 2.06. The largest absolute Gasteiger partial charge is 0.493 e. The summed E-state index contributed by atoms with van der Waals surface area (Å²) in [6.45, 7) is 5.25. The fourth-order valence-electron chi connectivity index (χ4n) is 2.83. The molecule has 1 atom stereocenters. The van der Waals surface area contributed by atoms with Crippen LogP contribution in [-0.2, 0) is 5.54 Å². The maximum Gasteiger partial charge on any atom is 0.166 e. The van der Waals surface area contributed by atoms with Crippen molar-refractivity contribution in [3.05, 3.63) is 22.2 Å². The molecular weight excluding hydrogens is 250 g/mol. The van der Waals surface area contributed by atoms with E-state index in [0.717, 1.165) is 41.3 Å². The van der Waals surface area contributed by atoms with E-state index in [1.54, 1.807) is 14.2 Å². The van der Waals surface area contributed by atoms with Gasteiger partial charge in [0.2, 0.25) is 0 Å². The third-order valence-electron chi connectivity index (χ3n) is 3.79. The van der Waals surface area contributed by atoms with Crippen LogP contribution < -0.4 is 14.8 Å². The van der Waals surface area contributed by atoms with Crippen LogP contribution in [0, 0.1) is 6.92 Å². The van der Waals surface area contributed by atoms with Crippen molar-refractivity contribution < 1.29 is 9.47 Å². The van der Waals surface area contributed by atoms with E-state index in [4.69, 9.17) is 21.1 Å². The highest BCUT2D eigenvalue weighted by Gasteiger charge is 2.36. The zero-order valence-corrected chi connectivity index (χ0v) is 12.1. The molecular formula is C14H20ClNO2. The van der Waals surface area contributed by atoms with Gasteiger partial charge in [-0.25, -0.2) is 0 Å². The first-order chi connectivity index (χ1) is 8.53. The second-order valence-corrected chi connectivity index (χ2v) is 5.36. The first-order valence-electron chi connectivity index (χ1n) is 6.20. The Hall–Kier alpha value is -0.930. The van der Waals surface area contributed by atoms with Crippen LogP contribution in [0.5, 0.6) is 11.5 Å². The minimum atomic E-state index is -0.0897. The van der Waals surface area contributed by atoms with Crippen molar-refractivity contribution in [1.82, 2.24) is 5.32 Å². The summed E-state index contributed by atoms with van der Waals surface area (Å²) >= 11 is 6.30. The first-order valence-corrected chi connectivity index (χ1v) is 6.58. The standard InChI is InChI=1S/C14H20ClNO2/c1-9-10(15)8-11(17-3)13(18-4)12(9)14(2)6-5-7-16-14/h8,16H,5-7H2,1-4H3. The monoisotopic (exact) mass is 269 g/mol. The van der Waals surface area contributed by atoms with Gasteiger partial charge in [-0.2, -0.15) is 0 Å². The van der Waals surface area contributed by atoms with E-state index in [1.807, 2.05) is 13.0 Å². The molecule has 2 rings (SSSR count). The lowest BCUT2D eigenvalue weighted by Crippen LogP contribution is -2.34. The lowest BCUT2D eigenvalue weighted by molar-refractivity contribution is 0.333. The van der Waals surface area contributed by atoms with E-state index < -0.39 is 0 Å². The molecule has 1 saturated heterocycles. The Balaban J connectivity index is 2.66. The third-order valence-corrected chi connectivity index (χ3v) is 4.18. The zero-order valence-electron chi connectivity index (χ0n) is 11.4. The summed E-state index contributed by atoms with van der Waals surface area (Å²) in [5.74, 6) is 1.48. The van der Waals surface area contributed by atoms with Crippen molar-refractivity contribution >= 4 is 11.6 Å². The van der Waals surface area contributed by atoms with Gasteiger partial charge in [0, 0.05) is 22.2 Å². The number of halogens is 1. The average molecular weight is 270 g/mol. The molecule has 0 saturated carbocycles. The van der Waals surface area contributed by atoms with Gasteiger partial charge < -0.3 is 14.8 Å². The minimum Gasteiger partial charge on any atom is -0.493 e. The van der Waals surface area contributed by atoms with Crippen molar-refractivity contribution in [3.8, 4) is 11.5 Å². The van der Waals surface area contributed by atoms with Gasteiger partial charge in [-0.1, -0.05) is 11.6 Å². The molecule has 0 amide bonds. The summed E-state index contributed by atoms with van der Waals surface area (Å²) in [5, 5.41) is 4.27. The Kier molecular flexibility index (Phi) is 3.74. The molecule has 1 aromatic rings. The highest BCUT2D eigenvalue weighted by atomic mass is 35.5. The molecule has 0 radical (unpaired) electrons. The van der Waals surface area contributed by atoms with Gasteiger partial charge in [0.1, 0.15) is 0 Å². The molecule has 1 unspecified atom stereocenters. The Morgan fingerprint density at radius 2 is 2.06 bits per heavy atom. The first kappa shape index (κ1) is 13.5. The maximum absolute atomic E-state index is 6.30. The van der Waals surface area contributed by atoms with Crippen molar-refractivity contribution in [2.24, 2.45) is 0 Å². The Morgan fingerprint density at radius 1 is 1.33 bits per heavy atom. The van der Waals surface area contributed by atoms with E-state index in [2.05, 4.69) is 12.2 Å². The Bertz CT molecular complexity index is 454. The summed E-state index contributed by atoms with van der Waals surface area (Å²) in [5.41, 5.74) is 2.09. The number of benzene rings is 1. The summed E-state index contributed by atoms with van der Waals surface area (Å²) in [6, 6.07) is 1.82. The molecule has 100 valence electrons. The number of nitrogens with one attached hydrogen (secondary N) is 1. The van der Waals surface area contributed by atoms with Crippen LogP contribution in [0.3, 0.4) is 0 Å². The van der Waals surface area contributed by atoms with Gasteiger partial charge >= 0.3 is 0 Å². The van der Waals surface area contributed by atoms with Crippen molar-refractivity contribution in [2.45, 2.75) is 32.2 Å². The highest BCUT2D eigenvalue weighted by molar-refractivity contribution is 6.31. The van der Waals surface area contributed by atoms with Crippen molar-refractivity contribution in [1.29, 1.82) is 0 Å². The summed E-state index contributed by atoms with van der Waals surface area (Å²) in [7, 11) is 3.31. The van der Waals surface area contributed by atoms with Crippen LogP contribution in [0.25, 0.3) is 0 Å². The molecule has 3 nitrogen and oxygen atoms in total. The molecule has 4 heteroatoms. The predicted octanol–water partition coefficient (Wildman–Crippen LogP) is 3.26. The lowest BCUT2D eigenvalue weighted by atomic mass is 9.86. The molecule has 1 aliphatic heterocycles. The number of methoxy groups -OCH3 is 2. The smallest absolute Gasteiger partial charge is 0.166 e. The van der Waals surface area contributed by atoms with Crippen molar-refractivity contribution in [2.75, 3.05) is 20.8 Å². The summed E-state index contributed by atoms with van der Waals surface area (Å²) < 4.78 is 10.9. The highest BCUT2D eigenvalue weighted by Crippen LogP contribution is 2.45. The molecule has 1 aliphatic rings. The maximum atomic E-state index is 6.30. The van der Waals surface area contributed by atoms with Crippen LogP contribution >= 0.6 is 11.6 Å². The normalized spacial score (nSPS) is 23.2. The predicted molar refractivity (Wildman–Crippen MR) is 73.9 cm³/mol. The summed E-state index contributed by atoms with van der Waals surface area (Å²) in [6.07, 6.45) is 2.24. The minimum absolute atomic E-state index is 0.0897. The molecule has 1 N–H and O–H groups in total. The summed E-state index contributed by atoms with van der Waals surface area (Å²) in [4.78, 5) is 0. The Labute approximate surface area is 113 Å². The van der Waals surface area contributed by atoms with Gasteiger partial charge in [-0.3, -0.25) is 0 Å². The fourth-order valence-corrected chi connectivity index (χ4v) is 3.02. The van der Waals surface area contributed by atoms with Crippen LogP contribution in [-0.4, -0.2) is 20.8 Å². The number of hydrogen-bond acceptors (Lipinski definition) is 3. The van der Waals surface area contributed by atoms with E-state index in [-0.39, 0.29) is 5.54 Å². The number of ether oxygens (including phenoxy) is 2. The van der Waals surface area contributed by atoms with E-state index >= 15 is 0 Å². The zero-order chi connectivity index (χ0) is 13.3. The van der Waals surface area contributed by atoms with Gasteiger partial charge in [0.15, 0.2) is 11.5 Å². The molecule has 0 aliphatic carbocycles. The SMILES string of the molecule is COc1cc(Cl)c(C)c(C2(C)CCCN2)c1OC. The van der Waals surface area contributed by atoms with E-state index in [9.17, 15) is 0 Å². The number of rotatable bonds is 3. The average Bonchev–Trinajstić information content (AvgIpc) is 2.79. The second-order valence-electron chi connectivity index (χ2n) is 4.96. The molecule has 1 aromatic carbocycles. The van der Waals surface area contributed by atoms with Crippen LogP contribution in [0.2, 0.25) is 5.02 Å². The van der Waals surface area contributed by atoms with Gasteiger partial charge in [0.05, 0.1) is 14.2 Å². The lowest BCUT2D eigenvalue weighted by Gasteiger charge is -2.30. The number of hydrogen-bond donors (Lipinski definition) is 1. The second kappa shape index (κ2) is 4.98. The van der Waals surface area contributed by atoms with E-state index in [0.29, 0.717) is 5.75 Å². The van der Waals surface area contributed by atoms with E-state index in [1.165, 1.54) is 0 Å². The van der Waals surface area contributed by atoms with Gasteiger partial charge in [0.25, 0.3) is 0 Å².